The highest BCUT2D eigenvalue weighted by molar-refractivity contribution is 5.99. The SMILES string of the molecule is CCC(C)C(NC(=O)OC(C)(C)C)C(=O)N(C(C(=O)Nc1ccccc1C)c1cccc(C)c1)C1CC1C. The minimum atomic E-state index is -0.857. The third kappa shape index (κ3) is 7.36. The van der Waals surface area contributed by atoms with E-state index in [-0.39, 0.29) is 29.7 Å². The molecule has 0 aliphatic heterocycles. The van der Waals surface area contributed by atoms with Gasteiger partial charge in [0.25, 0.3) is 5.91 Å². The number of hydrogen-bond donors (Lipinski definition) is 2. The molecule has 38 heavy (non-hydrogen) atoms. The summed E-state index contributed by atoms with van der Waals surface area (Å²) in [5.74, 6) is -0.468. The summed E-state index contributed by atoms with van der Waals surface area (Å²) in [5, 5.41) is 5.90. The molecule has 1 aliphatic rings. The van der Waals surface area contributed by atoms with Crippen molar-refractivity contribution in [3.8, 4) is 0 Å². The highest BCUT2D eigenvalue weighted by Crippen LogP contribution is 2.41. The molecule has 3 rings (SSSR count). The van der Waals surface area contributed by atoms with Gasteiger partial charge in [0.05, 0.1) is 0 Å². The third-order valence-corrected chi connectivity index (χ3v) is 7.12. The van der Waals surface area contributed by atoms with Crippen molar-refractivity contribution in [2.24, 2.45) is 11.8 Å². The van der Waals surface area contributed by atoms with Gasteiger partial charge >= 0.3 is 6.09 Å². The zero-order chi connectivity index (χ0) is 28.2. The van der Waals surface area contributed by atoms with Gasteiger partial charge in [-0.25, -0.2) is 4.79 Å². The molecular formula is C31H43N3O4. The second-order valence-corrected chi connectivity index (χ2v) is 11.7. The lowest BCUT2D eigenvalue weighted by atomic mass is 9.95. The maximum absolute atomic E-state index is 14.4. The Morgan fingerprint density at radius 1 is 1.08 bits per heavy atom. The Kier molecular flexibility index (Phi) is 9.23. The second kappa shape index (κ2) is 12.0. The molecular weight excluding hydrogens is 478 g/mol. The first kappa shape index (κ1) is 29.2. The zero-order valence-corrected chi connectivity index (χ0v) is 24.0. The molecule has 3 amide bonds. The van der Waals surface area contributed by atoms with Gasteiger partial charge in [-0.15, -0.1) is 0 Å². The van der Waals surface area contributed by atoms with Gasteiger partial charge in [-0.05, 0) is 70.1 Å². The van der Waals surface area contributed by atoms with Crippen LogP contribution in [0.3, 0.4) is 0 Å². The smallest absolute Gasteiger partial charge is 0.408 e. The van der Waals surface area contributed by atoms with Crippen molar-refractivity contribution >= 4 is 23.6 Å². The van der Waals surface area contributed by atoms with E-state index < -0.39 is 23.8 Å². The summed E-state index contributed by atoms with van der Waals surface area (Å²) in [7, 11) is 0. The first-order valence-electron chi connectivity index (χ1n) is 13.6. The number of hydrogen-bond acceptors (Lipinski definition) is 4. The van der Waals surface area contributed by atoms with Gasteiger partial charge in [-0.2, -0.15) is 0 Å². The average molecular weight is 522 g/mol. The lowest BCUT2D eigenvalue weighted by molar-refractivity contribution is -0.142. The summed E-state index contributed by atoms with van der Waals surface area (Å²) in [4.78, 5) is 42.9. The molecule has 0 radical (unpaired) electrons. The molecule has 0 heterocycles. The Morgan fingerprint density at radius 2 is 1.74 bits per heavy atom. The number of benzene rings is 2. The molecule has 5 atom stereocenters. The molecule has 0 spiro atoms. The normalized spacial score (nSPS) is 19.1. The lowest BCUT2D eigenvalue weighted by Crippen LogP contribution is -2.55. The number of nitrogens with zero attached hydrogens (tertiary/aromatic N) is 1. The average Bonchev–Trinajstić information content (AvgIpc) is 3.55. The van der Waals surface area contributed by atoms with E-state index in [2.05, 4.69) is 17.6 Å². The topological polar surface area (TPSA) is 87.7 Å². The molecule has 5 unspecified atom stereocenters. The van der Waals surface area contributed by atoms with Crippen LogP contribution in [0, 0.1) is 25.7 Å². The van der Waals surface area contributed by atoms with E-state index in [0.29, 0.717) is 12.1 Å². The number of carbonyl (C=O) groups excluding carboxylic acids is 3. The maximum Gasteiger partial charge on any atom is 0.408 e. The summed E-state index contributed by atoms with van der Waals surface area (Å²) in [6, 6.07) is 13.5. The summed E-state index contributed by atoms with van der Waals surface area (Å²) in [5.41, 5.74) is 2.68. The molecule has 0 saturated heterocycles. The molecule has 0 bridgehead atoms. The molecule has 2 N–H and O–H groups in total. The Morgan fingerprint density at radius 3 is 2.29 bits per heavy atom. The number of amides is 3. The second-order valence-electron chi connectivity index (χ2n) is 11.7. The van der Waals surface area contributed by atoms with E-state index in [0.717, 1.165) is 23.1 Å². The van der Waals surface area contributed by atoms with Crippen molar-refractivity contribution < 1.29 is 19.1 Å². The standard InChI is InChI=1S/C31H43N3O4/c1-9-20(3)26(33-30(37)38-31(6,7)8)29(36)34(25-18-22(25)5)27(23-15-12-13-19(2)17-23)28(35)32-24-16-11-10-14-21(24)4/h10-17,20,22,25-27H,9,18H2,1-8H3,(H,32,35)(H,33,37). The van der Waals surface area contributed by atoms with Crippen LogP contribution in [-0.2, 0) is 14.3 Å². The fraction of sp³-hybridized carbons (Fsp3) is 0.516. The van der Waals surface area contributed by atoms with E-state index in [1.54, 1.807) is 25.7 Å². The van der Waals surface area contributed by atoms with E-state index in [1.807, 2.05) is 76.2 Å². The highest BCUT2D eigenvalue weighted by Gasteiger charge is 2.49. The Bertz CT molecular complexity index is 1160. The molecule has 1 fully saturated rings. The van der Waals surface area contributed by atoms with Gasteiger partial charge in [0, 0.05) is 11.7 Å². The number of para-hydroxylation sites is 1. The van der Waals surface area contributed by atoms with Crippen molar-refractivity contribution in [3.63, 3.8) is 0 Å². The van der Waals surface area contributed by atoms with Crippen LogP contribution in [0.25, 0.3) is 0 Å². The lowest BCUT2D eigenvalue weighted by Gasteiger charge is -2.36. The van der Waals surface area contributed by atoms with Gasteiger partial charge in [0.2, 0.25) is 5.91 Å². The van der Waals surface area contributed by atoms with Crippen LogP contribution >= 0.6 is 0 Å². The number of anilines is 1. The molecule has 1 saturated carbocycles. The summed E-state index contributed by atoms with van der Waals surface area (Å²) >= 11 is 0. The summed E-state index contributed by atoms with van der Waals surface area (Å²) < 4.78 is 5.49. The van der Waals surface area contributed by atoms with E-state index >= 15 is 0 Å². The fourth-order valence-electron chi connectivity index (χ4n) is 4.64. The zero-order valence-electron chi connectivity index (χ0n) is 24.0. The van der Waals surface area contributed by atoms with E-state index in [1.165, 1.54) is 0 Å². The Balaban J connectivity index is 2.05. The van der Waals surface area contributed by atoms with E-state index in [4.69, 9.17) is 4.74 Å². The van der Waals surface area contributed by atoms with Gasteiger partial charge in [-0.1, -0.05) is 75.2 Å². The third-order valence-electron chi connectivity index (χ3n) is 7.12. The van der Waals surface area contributed by atoms with Crippen molar-refractivity contribution in [2.75, 3.05) is 5.32 Å². The summed E-state index contributed by atoms with van der Waals surface area (Å²) in [6.07, 6.45) is 0.826. The maximum atomic E-state index is 14.4. The fourth-order valence-corrected chi connectivity index (χ4v) is 4.64. The largest absolute Gasteiger partial charge is 0.444 e. The van der Waals surface area contributed by atoms with Crippen LogP contribution in [0.2, 0.25) is 0 Å². The Labute approximate surface area is 227 Å². The summed E-state index contributed by atoms with van der Waals surface area (Å²) in [6.45, 7) is 15.3. The van der Waals surface area contributed by atoms with Crippen LogP contribution in [0.4, 0.5) is 10.5 Å². The highest BCUT2D eigenvalue weighted by atomic mass is 16.6. The molecule has 1 aliphatic carbocycles. The molecule has 2 aromatic rings. The van der Waals surface area contributed by atoms with Crippen molar-refractivity contribution in [2.45, 2.75) is 92.0 Å². The molecule has 7 heteroatoms. The predicted octanol–water partition coefficient (Wildman–Crippen LogP) is 6.16. The van der Waals surface area contributed by atoms with Gasteiger partial charge in [-0.3, -0.25) is 9.59 Å². The van der Waals surface area contributed by atoms with Crippen molar-refractivity contribution in [3.05, 3.63) is 65.2 Å². The van der Waals surface area contributed by atoms with Crippen molar-refractivity contribution in [1.29, 1.82) is 0 Å². The van der Waals surface area contributed by atoms with Gasteiger partial charge in [0.1, 0.15) is 17.7 Å². The minimum Gasteiger partial charge on any atom is -0.444 e. The number of ether oxygens (including phenoxy) is 1. The monoisotopic (exact) mass is 521 g/mol. The number of rotatable bonds is 9. The van der Waals surface area contributed by atoms with Crippen LogP contribution in [0.5, 0.6) is 0 Å². The van der Waals surface area contributed by atoms with Gasteiger partial charge < -0.3 is 20.3 Å². The van der Waals surface area contributed by atoms with E-state index in [9.17, 15) is 14.4 Å². The Hall–Kier alpha value is -3.35. The number of nitrogens with one attached hydrogen (secondary N) is 2. The number of carbonyl (C=O) groups is 3. The predicted molar refractivity (Wildman–Crippen MR) is 151 cm³/mol. The van der Waals surface area contributed by atoms with Crippen LogP contribution in [-0.4, -0.2) is 40.5 Å². The number of alkyl carbamates (subject to hydrolysis) is 1. The number of aryl methyl sites for hydroxylation is 2. The first-order chi connectivity index (χ1) is 17.8. The van der Waals surface area contributed by atoms with Crippen molar-refractivity contribution in [1.82, 2.24) is 10.2 Å². The molecule has 2 aromatic carbocycles. The van der Waals surface area contributed by atoms with Crippen LogP contribution in [0.15, 0.2) is 48.5 Å². The minimum absolute atomic E-state index is 0.109. The molecule has 7 nitrogen and oxygen atoms in total. The molecule has 206 valence electrons. The van der Waals surface area contributed by atoms with Crippen LogP contribution < -0.4 is 10.6 Å². The van der Waals surface area contributed by atoms with Crippen LogP contribution in [0.1, 0.15) is 77.1 Å². The molecule has 0 aromatic heterocycles. The first-order valence-corrected chi connectivity index (χ1v) is 13.6. The van der Waals surface area contributed by atoms with Gasteiger partial charge in [0.15, 0.2) is 0 Å². The quantitative estimate of drug-likeness (QED) is 0.414.